The molecule has 0 aliphatic rings. The summed E-state index contributed by atoms with van der Waals surface area (Å²) >= 11 is 0. The topological polar surface area (TPSA) is 52.5 Å². The third-order valence-corrected chi connectivity index (χ3v) is 2.79. The highest BCUT2D eigenvalue weighted by molar-refractivity contribution is 5.42. The molecule has 3 heteroatoms. The second kappa shape index (κ2) is 6.19. The fourth-order valence-corrected chi connectivity index (χ4v) is 1.76. The van der Waals surface area contributed by atoms with E-state index in [1.165, 1.54) is 0 Å². The Labute approximate surface area is 107 Å². The third kappa shape index (κ3) is 3.32. The first-order chi connectivity index (χ1) is 8.77. The first kappa shape index (κ1) is 12.6. The molecule has 0 amide bonds. The second-order valence-electron chi connectivity index (χ2n) is 4.17. The SMILES string of the molecule is O[C@H](CNc1ccccc1)[C@H](O)c1ccccc1. The highest BCUT2D eigenvalue weighted by Gasteiger charge is 2.17. The summed E-state index contributed by atoms with van der Waals surface area (Å²) in [5.74, 6) is 0. The number of anilines is 1. The van der Waals surface area contributed by atoms with E-state index in [0.717, 1.165) is 11.3 Å². The van der Waals surface area contributed by atoms with Gasteiger partial charge in [0.1, 0.15) is 12.2 Å². The summed E-state index contributed by atoms with van der Waals surface area (Å²) in [6.07, 6.45) is -1.71. The lowest BCUT2D eigenvalue weighted by Crippen LogP contribution is -2.26. The number of benzene rings is 2. The smallest absolute Gasteiger partial charge is 0.107 e. The molecule has 0 saturated carbocycles. The van der Waals surface area contributed by atoms with Crippen molar-refractivity contribution < 1.29 is 10.2 Å². The summed E-state index contributed by atoms with van der Waals surface area (Å²) in [5, 5.41) is 23.0. The van der Waals surface area contributed by atoms with E-state index in [4.69, 9.17) is 0 Å². The zero-order chi connectivity index (χ0) is 12.8. The number of aliphatic hydroxyl groups is 2. The molecule has 18 heavy (non-hydrogen) atoms. The summed E-state index contributed by atoms with van der Waals surface area (Å²) in [5.41, 5.74) is 1.65. The van der Waals surface area contributed by atoms with Crippen LogP contribution >= 0.6 is 0 Å². The van der Waals surface area contributed by atoms with Crippen molar-refractivity contribution in [1.82, 2.24) is 0 Å². The number of hydrogen-bond donors (Lipinski definition) is 3. The second-order valence-corrected chi connectivity index (χ2v) is 4.17. The third-order valence-electron chi connectivity index (χ3n) is 2.79. The van der Waals surface area contributed by atoms with E-state index in [-0.39, 0.29) is 0 Å². The molecule has 3 N–H and O–H groups in total. The number of rotatable bonds is 5. The van der Waals surface area contributed by atoms with E-state index < -0.39 is 12.2 Å². The van der Waals surface area contributed by atoms with Crippen LogP contribution in [0.2, 0.25) is 0 Å². The van der Waals surface area contributed by atoms with E-state index in [0.29, 0.717) is 6.54 Å². The number of nitrogens with one attached hydrogen (secondary N) is 1. The Bertz CT molecular complexity index is 458. The fraction of sp³-hybridized carbons (Fsp3) is 0.200. The first-order valence-electron chi connectivity index (χ1n) is 5.97. The molecular formula is C15H17NO2. The van der Waals surface area contributed by atoms with Crippen LogP contribution in [0.1, 0.15) is 11.7 Å². The Hall–Kier alpha value is -1.84. The maximum Gasteiger partial charge on any atom is 0.107 e. The zero-order valence-corrected chi connectivity index (χ0v) is 10.0. The maximum atomic E-state index is 9.98. The molecule has 0 spiro atoms. The molecule has 2 rings (SSSR count). The molecule has 0 radical (unpaired) electrons. The van der Waals surface area contributed by atoms with Crippen molar-refractivity contribution in [2.75, 3.05) is 11.9 Å². The van der Waals surface area contributed by atoms with Gasteiger partial charge in [0, 0.05) is 12.2 Å². The molecule has 2 atom stereocenters. The van der Waals surface area contributed by atoms with Crippen molar-refractivity contribution >= 4 is 5.69 Å². The van der Waals surface area contributed by atoms with Crippen LogP contribution in [0.4, 0.5) is 5.69 Å². The average Bonchev–Trinajstić information content (AvgIpc) is 2.46. The summed E-state index contributed by atoms with van der Waals surface area (Å²) in [7, 11) is 0. The molecule has 0 aromatic heterocycles. The maximum absolute atomic E-state index is 9.98. The van der Waals surface area contributed by atoms with Crippen LogP contribution in [0.5, 0.6) is 0 Å². The van der Waals surface area contributed by atoms with Gasteiger partial charge in [-0.2, -0.15) is 0 Å². The Morgan fingerprint density at radius 2 is 1.39 bits per heavy atom. The van der Waals surface area contributed by atoms with Gasteiger partial charge in [-0.05, 0) is 17.7 Å². The quantitative estimate of drug-likeness (QED) is 0.754. The summed E-state index contributed by atoms with van der Waals surface area (Å²) in [6, 6.07) is 18.8. The lowest BCUT2D eigenvalue weighted by Gasteiger charge is -2.19. The van der Waals surface area contributed by atoms with Gasteiger partial charge in [0.25, 0.3) is 0 Å². The molecule has 3 nitrogen and oxygen atoms in total. The van der Waals surface area contributed by atoms with Gasteiger partial charge in [-0.15, -0.1) is 0 Å². The van der Waals surface area contributed by atoms with Gasteiger partial charge in [0.15, 0.2) is 0 Å². The van der Waals surface area contributed by atoms with Crippen LogP contribution in [0.15, 0.2) is 60.7 Å². The van der Waals surface area contributed by atoms with E-state index in [1.54, 1.807) is 12.1 Å². The Morgan fingerprint density at radius 1 is 0.833 bits per heavy atom. The van der Waals surface area contributed by atoms with Crippen LogP contribution in [0.25, 0.3) is 0 Å². The minimum atomic E-state index is -0.873. The minimum absolute atomic E-state index is 0.306. The number of aliphatic hydroxyl groups excluding tert-OH is 2. The van der Waals surface area contributed by atoms with Crippen LogP contribution in [-0.4, -0.2) is 22.9 Å². The molecule has 0 heterocycles. The van der Waals surface area contributed by atoms with Gasteiger partial charge in [-0.25, -0.2) is 0 Å². The molecule has 2 aromatic carbocycles. The highest BCUT2D eigenvalue weighted by atomic mass is 16.3. The number of para-hydroxylation sites is 1. The summed E-state index contributed by atoms with van der Waals surface area (Å²) < 4.78 is 0. The Morgan fingerprint density at radius 3 is 2.00 bits per heavy atom. The Balaban J connectivity index is 1.90. The van der Waals surface area contributed by atoms with Crippen molar-refractivity contribution in [3.05, 3.63) is 66.2 Å². The Kier molecular flexibility index (Phi) is 4.34. The van der Waals surface area contributed by atoms with Gasteiger partial charge in [-0.3, -0.25) is 0 Å². The normalized spacial score (nSPS) is 13.9. The molecular weight excluding hydrogens is 226 g/mol. The van der Waals surface area contributed by atoms with Crippen molar-refractivity contribution in [3.63, 3.8) is 0 Å². The average molecular weight is 243 g/mol. The lowest BCUT2D eigenvalue weighted by molar-refractivity contribution is 0.0269. The van der Waals surface area contributed by atoms with Gasteiger partial charge >= 0.3 is 0 Å². The van der Waals surface area contributed by atoms with Crippen LogP contribution < -0.4 is 5.32 Å². The van der Waals surface area contributed by atoms with Gasteiger partial charge in [-0.1, -0.05) is 48.5 Å². The largest absolute Gasteiger partial charge is 0.388 e. The molecule has 0 aliphatic carbocycles. The molecule has 0 saturated heterocycles. The van der Waals surface area contributed by atoms with E-state index in [9.17, 15) is 10.2 Å². The van der Waals surface area contributed by atoms with E-state index in [1.807, 2.05) is 48.5 Å². The molecule has 0 unspecified atom stereocenters. The zero-order valence-electron chi connectivity index (χ0n) is 10.0. The van der Waals surface area contributed by atoms with Gasteiger partial charge < -0.3 is 15.5 Å². The molecule has 94 valence electrons. The van der Waals surface area contributed by atoms with E-state index >= 15 is 0 Å². The van der Waals surface area contributed by atoms with Crippen LogP contribution in [0.3, 0.4) is 0 Å². The number of hydrogen-bond acceptors (Lipinski definition) is 3. The standard InChI is InChI=1S/C15H17NO2/c17-14(11-16-13-9-5-2-6-10-13)15(18)12-7-3-1-4-8-12/h1-10,14-18H,11H2/t14-,15-/m1/s1. The van der Waals surface area contributed by atoms with E-state index in [2.05, 4.69) is 5.32 Å². The van der Waals surface area contributed by atoms with Crippen molar-refractivity contribution in [1.29, 1.82) is 0 Å². The highest BCUT2D eigenvalue weighted by Crippen LogP contribution is 2.17. The summed E-state index contributed by atoms with van der Waals surface area (Å²) in [6.45, 7) is 0.306. The van der Waals surface area contributed by atoms with Crippen LogP contribution in [-0.2, 0) is 0 Å². The first-order valence-corrected chi connectivity index (χ1v) is 5.97. The minimum Gasteiger partial charge on any atom is -0.388 e. The fourth-order valence-electron chi connectivity index (χ4n) is 1.76. The van der Waals surface area contributed by atoms with Crippen LogP contribution in [0, 0.1) is 0 Å². The van der Waals surface area contributed by atoms with Crippen molar-refractivity contribution in [2.24, 2.45) is 0 Å². The van der Waals surface area contributed by atoms with Gasteiger partial charge in [0.05, 0.1) is 0 Å². The molecule has 0 bridgehead atoms. The summed E-state index contributed by atoms with van der Waals surface area (Å²) in [4.78, 5) is 0. The molecule has 0 fully saturated rings. The molecule has 2 aromatic rings. The van der Waals surface area contributed by atoms with Crippen molar-refractivity contribution in [2.45, 2.75) is 12.2 Å². The molecule has 0 aliphatic heterocycles. The van der Waals surface area contributed by atoms with Gasteiger partial charge in [0.2, 0.25) is 0 Å². The lowest BCUT2D eigenvalue weighted by atomic mass is 10.0. The predicted octanol–water partition coefficient (Wildman–Crippen LogP) is 2.19. The predicted molar refractivity (Wildman–Crippen MR) is 72.3 cm³/mol. The van der Waals surface area contributed by atoms with Crippen molar-refractivity contribution in [3.8, 4) is 0 Å². The monoisotopic (exact) mass is 243 g/mol.